The summed E-state index contributed by atoms with van der Waals surface area (Å²) in [7, 11) is 3.69. The number of ether oxygens (including phenoxy) is 1. The van der Waals surface area contributed by atoms with Gasteiger partial charge in [-0.15, -0.1) is 0 Å². The van der Waals surface area contributed by atoms with E-state index >= 15 is 0 Å². The van der Waals surface area contributed by atoms with Crippen LogP contribution in [0.3, 0.4) is 0 Å². The highest BCUT2D eigenvalue weighted by molar-refractivity contribution is 5.75. The molecule has 1 rings (SSSR count). The van der Waals surface area contributed by atoms with E-state index in [0.717, 1.165) is 32.5 Å². The van der Waals surface area contributed by atoms with Crippen molar-refractivity contribution in [2.24, 2.45) is 0 Å². The van der Waals surface area contributed by atoms with Crippen LogP contribution < -0.4 is 5.32 Å². The molecule has 1 heterocycles. The van der Waals surface area contributed by atoms with Crippen LogP contribution in [0.2, 0.25) is 0 Å². The second kappa shape index (κ2) is 5.47. The number of amides is 1. The molecular formula is C11H22N2O2. The maximum Gasteiger partial charge on any atom is 0.222 e. The molecule has 0 saturated carbocycles. The zero-order valence-corrected chi connectivity index (χ0v) is 10.0. The minimum absolute atomic E-state index is 0.0702. The van der Waals surface area contributed by atoms with Crippen LogP contribution in [-0.4, -0.2) is 50.2 Å². The Balaban J connectivity index is 2.49. The number of methoxy groups -OCH3 is 1. The fraction of sp³-hybridized carbons (Fsp3) is 0.909. The lowest BCUT2D eigenvalue weighted by Gasteiger charge is -2.40. The lowest BCUT2D eigenvalue weighted by Crippen LogP contribution is -2.51. The lowest BCUT2D eigenvalue weighted by molar-refractivity contribution is -0.136. The molecule has 1 N–H and O–H groups in total. The van der Waals surface area contributed by atoms with Crippen molar-refractivity contribution in [3.63, 3.8) is 0 Å². The van der Waals surface area contributed by atoms with Crippen LogP contribution in [0.15, 0.2) is 0 Å². The van der Waals surface area contributed by atoms with E-state index in [-0.39, 0.29) is 11.5 Å². The van der Waals surface area contributed by atoms with Gasteiger partial charge in [-0.05, 0) is 19.9 Å². The molecule has 4 nitrogen and oxygen atoms in total. The first kappa shape index (κ1) is 12.5. The minimum Gasteiger partial charge on any atom is -0.377 e. The number of hydrogen-bond donors (Lipinski definition) is 1. The van der Waals surface area contributed by atoms with Crippen LogP contribution in [0.25, 0.3) is 0 Å². The zero-order valence-electron chi connectivity index (χ0n) is 10.0. The van der Waals surface area contributed by atoms with Gasteiger partial charge in [-0.2, -0.15) is 0 Å². The molecule has 0 aliphatic carbocycles. The Kier molecular flexibility index (Phi) is 4.54. The molecule has 0 aromatic heterocycles. The number of rotatable bonds is 4. The summed E-state index contributed by atoms with van der Waals surface area (Å²) < 4.78 is 5.58. The molecule has 0 spiro atoms. The van der Waals surface area contributed by atoms with Crippen molar-refractivity contribution in [3.05, 3.63) is 0 Å². The molecule has 1 aliphatic rings. The van der Waals surface area contributed by atoms with Crippen molar-refractivity contribution in [1.29, 1.82) is 0 Å². The quantitative estimate of drug-likeness (QED) is 0.746. The van der Waals surface area contributed by atoms with Crippen molar-refractivity contribution >= 4 is 5.91 Å². The van der Waals surface area contributed by atoms with E-state index in [1.807, 2.05) is 18.9 Å². The van der Waals surface area contributed by atoms with Crippen LogP contribution >= 0.6 is 0 Å². The Hall–Kier alpha value is -0.610. The summed E-state index contributed by atoms with van der Waals surface area (Å²) in [6.07, 6.45) is 2.46. The fourth-order valence-corrected chi connectivity index (χ4v) is 2.16. The number of nitrogens with one attached hydrogen (secondary N) is 1. The first-order valence-electron chi connectivity index (χ1n) is 5.65. The van der Waals surface area contributed by atoms with Gasteiger partial charge >= 0.3 is 0 Å². The molecule has 1 saturated heterocycles. The van der Waals surface area contributed by atoms with Gasteiger partial charge in [-0.3, -0.25) is 4.79 Å². The van der Waals surface area contributed by atoms with E-state index < -0.39 is 0 Å². The van der Waals surface area contributed by atoms with Gasteiger partial charge in [-0.25, -0.2) is 0 Å². The highest BCUT2D eigenvalue weighted by Crippen LogP contribution is 2.25. The summed E-state index contributed by atoms with van der Waals surface area (Å²) in [4.78, 5) is 13.4. The Morgan fingerprint density at radius 3 is 2.47 bits per heavy atom. The van der Waals surface area contributed by atoms with Crippen LogP contribution in [0.5, 0.6) is 0 Å². The summed E-state index contributed by atoms with van der Waals surface area (Å²) in [6.45, 7) is 4.41. The Bertz CT molecular complexity index is 211. The fourth-order valence-electron chi connectivity index (χ4n) is 2.16. The van der Waals surface area contributed by atoms with Gasteiger partial charge < -0.3 is 15.0 Å². The Morgan fingerprint density at radius 1 is 1.47 bits per heavy atom. The van der Waals surface area contributed by atoms with Gasteiger partial charge in [-0.1, -0.05) is 6.92 Å². The van der Waals surface area contributed by atoms with Gasteiger partial charge in [0.15, 0.2) is 0 Å². The molecule has 15 heavy (non-hydrogen) atoms. The average Bonchev–Trinajstić information content (AvgIpc) is 2.29. The van der Waals surface area contributed by atoms with Gasteiger partial charge in [0.25, 0.3) is 0 Å². The predicted molar refractivity (Wildman–Crippen MR) is 59.8 cm³/mol. The molecule has 0 unspecified atom stereocenters. The molecule has 1 fully saturated rings. The zero-order chi connectivity index (χ0) is 11.3. The van der Waals surface area contributed by atoms with E-state index in [4.69, 9.17) is 4.74 Å². The van der Waals surface area contributed by atoms with Gasteiger partial charge in [0.1, 0.15) is 0 Å². The molecule has 0 aromatic rings. The highest BCUT2D eigenvalue weighted by Gasteiger charge is 2.34. The number of nitrogens with zero attached hydrogens (tertiary/aromatic N) is 1. The Labute approximate surface area is 92.0 Å². The third-order valence-electron chi connectivity index (χ3n) is 3.26. The van der Waals surface area contributed by atoms with Crippen molar-refractivity contribution in [3.8, 4) is 0 Å². The highest BCUT2D eigenvalue weighted by atomic mass is 16.5. The van der Waals surface area contributed by atoms with Gasteiger partial charge in [0.2, 0.25) is 5.91 Å². The van der Waals surface area contributed by atoms with Crippen molar-refractivity contribution in [1.82, 2.24) is 10.2 Å². The summed E-state index contributed by atoms with van der Waals surface area (Å²) in [5.41, 5.74) is -0.0702. The van der Waals surface area contributed by atoms with Gasteiger partial charge in [0, 0.05) is 33.2 Å². The third kappa shape index (κ3) is 2.92. The van der Waals surface area contributed by atoms with E-state index in [1.165, 1.54) is 0 Å². The van der Waals surface area contributed by atoms with Crippen molar-refractivity contribution < 1.29 is 9.53 Å². The third-order valence-corrected chi connectivity index (χ3v) is 3.26. The van der Waals surface area contributed by atoms with E-state index in [1.54, 1.807) is 7.11 Å². The smallest absolute Gasteiger partial charge is 0.222 e. The van der Waals surface area contributed by atoms with E-state index in [0.29, 0.717) is 6.42 Å². The van der Waals surface area contributed by atoms with Crippen LogP contribution in [0.4, 0.5) is 0 Å². The number of carbonyl (C=O) groups is 1. The second-order valence-corrected chi connectivity index (χ2v) is 4.15. The molecule has 0 radical (unpaired) electrons. The summed E-state index contributed by atoms with van der Waals surface area (Å²) in [6, 6.07) is 0. The van der Waals surface area contributed by atoms with E-state index in [2.05, 4.69) is 5.32 Å². The topological polar surface area (TPSA) is 41.6 Å². The van der Waals surface area contributed by atoms with Crippen LogP contribution in [0, 0.1) is 0 Å². The predicted octanol–water partition coefficient (Wildman–Crippen LogP) is 0.623. The minimum atomic E-state index is -0.0702. The monoisotopic (exact) mass is 214 g/mol. The molecule has 0 bridgehead atoms. The first-order valence-corrected chi connectivity index (χ1v) is 5.65. The molecule has 0 aromatic carbocycles. The van der Waals surface area contributed by atoms with Crippen molar-refractivity contribution in [2.75, 3.05) is 33.8 Å². The lowest BCUT2D eigenvalue weighted by atomic mass is 9.91. The van der Waals surface area contributed by atoms with E-state index in [9.17, 15) is 4.79 Å². The number of likely N-dealkylation sites (tertiary alicyclic amines) is 1. The molecular weight excluding hydrogens is 192 g/mol. The largest absolute Gasteiger partial charge is 0.377 e. The second-order valence-electron chi connectivity index (χ2n) is 4.15. The SMILES string of the molecule is CCC(=O)N1CCC(CNC)(OC)CC1. The van der Waals surface area contributed by atoms with Crippen LogP contribution in [0.1, 0.15) is 26.2 Å². The Morgan fingerprint density at radius 2 is 2.07 bits per heavy atom. The molecule has 4 heteroatoms. The maximum absolute atomic E-state index is 11.5. The van der Waals surface area contributed by atoms with Gasteiger partial charge in [0.05, 0.1) is 5.60 Å². The number of piperidine rings is 1. The number of likely N-dealkylation sites (N-methyl/N-ethyl adjacent to an activating group) is 1. The standard InChI is InChI=1S/C11H22N2O2/c1-4-10(14)13-7-5-11(15-3,6-8-13)9-12-2/h12H,4-9H2,1-3H3. The average molecular weight is 214 g/mol. The summed E-state index contributed by atoms with van der Waals surface area (Å²) in [5, 5.41) is 3.16. The maximum atomic E-state index is 11.5. The number of hydrogen-bond acceptors (Lipinski definition) is 3. The molecule has 1 amide bonds. The molecule has 0 atom stereocenters. The van der Waals surface area contributed by atoms with Crippen molar-refractivity contribution in [2.45, 2.75) is 31.8 Å². The summed E-state index contributed by atoms with van der Waals surface area (Å²) in [5.74, 6) is 0.254. The summed E-state index contributed by atoms with van der Waals surface area (Å²) >= 11 is 0. The first-order chi connectivity index (χ1) is 7.17. The molecule has 1 aliphatic heterocycles. The normalized spacial score (nSPS) is 20.3. The van der Waals surface area contributed by atoms with Crippen LogP contribution in [-0.2, 0) is 9.53 Å². The molecule has 88 valence electrons. The number of carbonyl (C=O) groups excluding carboxylic acids is 1.